The summed E-state index contributed by atoms with van der Waals surface area (Å²) in [7, 11) is 0. The summed E-state index contributed by atoms with van der Waals surface area (Å²) < 4.78 is 2.30. The summed E-state index contributed by atoms with van der Waals surface area (Å²) in [4.78, 5) is 4.92. The van der Waals surface area contributed by atoms with Crippen LogP contribution in [0.2, 0.25) is 10.0 Å². The number of aryl methyl sites for hydroxylation is 1. The summed E-state index contributed by atoms with van der Waals surface area (Å²) in [6, 6.07) is 16.1. The Balaban J connectivity index is 2.01. The van der Waals surface area contributed by atoms with Crippen molar-refractivity contribution in [3.8, 4) is 5.69 Å². The number of nitrogens with zero attached hydrogens (tertiary/aromatic N) is 2. The minimum absolute atomic E-state index is 0.619. The zero-order valence-corrected chi connectivity index (χ0v) is 15.7. The average molecular weight is 369 g/mol. The number of rotatable bonds is 2. The molecule has 25 heavy (non-hydrogen) atoms. The molecule has 4 rings (SSSR count). The molecule has 1 aromatic heterocycles. The Labute approximate surface area is 157 Å². The van der Waals surface area contributed by atoms with Gasteiger partial charge in [0.1, 0.15) is 0 Å². The summed E-state index contributed by atoms with van der Waals surface area (Å²) in [5.41, 5.74) is 7.76. The normalized spacial score (nSPS) is 13.0. The van der Waals surface area contributed by atoms with Gasteiger partial charge in [-0.1, -0.05) is 48.3 Å². The number of benzene rings is 2. The van der Waals surface area contributed by atoms with Crippen molar-refractivity contribution < 1.29 is 0 Å². The number of hydrogen-bond donors (Lipinski definition) is 0. The van der Waals surface area contributed by atoms with E-state index in [2.05, 4.69) is 30.5 Å². The standard InChI is InChI=1S/C21H18Cl2N2/c1-3-14-10-16-12-24-21(17-6-4-5-7-19(17)23)18-11-15(22)8-9-20(18)25(16)13(14)2/h4-11H,3,12H2,1-2H3. The Bertz CT molecular complexity index is 999. The third-order valence-electron chi connectivity index (χ3n) is 4.79. The van der Waals surface area contributed by atoms with Crippen LogP contribution in [-0.2, 0) is 13.0 Å². The van der Waals surface area contributed by atoms with E-state index in [1.165, 1.54) is 17.0 Å². The van der Waals surface area contributed by atoms with E-state index < -0.39 is 0 Å². The zero-order chi connectivity index (χ0) is 17.6. The highest BCUT2D eigenvalue weighted by Crippen LogP contribution is 2.32. The summed E-state index contributed by atoms with van der Waals surface area (Å²) >= 11 is 12.8. The molecule has 0 unspecified atom stereocenters. The molecule has 2 nitrogen and oxygen atoms in total. The van der Waals surface area contributed by atoms with Gasteiger partial charge in [-0.05, 0) is 49.2 Å². The van der Waals surface area contributed by atoms with Crippen LogP contribution in [0.5, 0.6) is 0 Å². The second-order valence-corrected chi connectivity index (χ2v) is 7.09. The molecule has 2 heterocycles. The van der Waals surface area contributed by atoms with Gasteiger partial charge in [-0.3, -0.25) is 4.99 Å². The number of fused-ring (bicyclic) bond motifs is 3. The summed E-state index contributed by atoms with van der Waals surface area (Å²) in [6.45, 7) is 4.97. The van der Waals surface area contributed by atoms with Crippen molar-refractivity contribution in [1.29, 1.82) is 0 Å². The molecule has 3 aromatic rings. The molecule has 4 heteroatoms. The first kappa shape index (κ1) is 16.4. The lowest BCUT2D eigenvalue weighted by Gasteiger charge is -2.15. The molecular weight excluding hydrogens is 351 g/mol. The predicted octanol–water partition coefficient (Wildman–Crippen LogP) is 6.01. The van der Waals surface area contributed by atoms with Crippen molar-refractivity contribution in [2.75, 3.05) is 0 Å². The summed E-state index contributed by atoms with van der Waals surface area (Å²) in [5, 5.41) is 1.40. The van der Waals surface area contributed by atoms with E-state index in [4.69, 9.17) is 28.2 Å². The highest BCUT2D eigenvalue weighted by molar-refractivity contribution is 6.36. The minimum Gasteiger partial charge on any atom is -0.315 e. The van der Waals surface area contributed by atoms with Crippen molar-refractivity contribution in [2.24, 2.45) is 4.99 Å². The smallest absolute Gasteiger partial charge is 0.0803 e. The van der Waals surface area contributed by atoms with Gasteiger partial charge < -0.3 is 4.57 Å². The van der Waals surface area contributed by atoms with Crippen LogP contribution in [0.1, 0.15) is 35.0 Å². The molecule has 0 amide bonds. The van der Waals surface area contributed by atoms with Crippen LogP contribution < -0.4 is 0 Å². The first-order valence-corrected chi connectivity index (χ1v) is 9.15. The maximum Gasteiger partial charge on any atom is 0.0803 e. The topological polar surface area (TPSA) is 17.3 Å². The summed E-state index contributed by atoms with van der Waals surface area (Å²) in [6.07, 6.45) is 1.01. The second-order valence-electron chi connectivity index (χ2n) is 6.24. The number of aliphatic imine (C=N–C) groups is 1. The molecule has 0 N–H and O–H groups in total. The molecule has 0 bridgehead atoms. The predicted molar refractivity (Wildman–Crippen MR) is 106 cm³/mol. The van der Waals surface area contributed by atoms with E-state index in [0.717, 1.165) is 28.9 Å². The van der Waals surface area contributed by atoms with Crippen LogP contribution in [0.3, 0.4) is 0 Å². The monoisotopic (exact) mass is 368 g/mol. The second kappa shape index (κ2) is 6.36. The molecule has 126 valence electrons. The molecule has 0 fully saturated rings. The molecule has 2 aromatic carbocycles. The molecule has 0 radical (unpaired) electrons. The van der Waals surface area contributed by atoms with Crippen LogP contribution in [0, 0.1) is 6.92 Å². The Hall–Kier alpha value is -2.03. The van der Waals surface area contributed by atoms with Crippen molar-refractivity contribution in [3.05, 3.63) is 86.7 Å². The SMILES string of the molecule is CCc1cc2n(c1C)-c1ccc(Cl)cc1C(c1ccccc1Cl)=NC2. The van der Waals surface area contributed by atoms with E-state index >= 15 is 0 Å². The molecule has 0 saturated heterocycles. The van der Waals surface area contributed by atoms with Gasteiger partial charge in [-0.25, -0.2) is 0 Å². The maximum absolute atomic E-state index is 6.46. The number of aromatic nitrogens is 1. The molecule has 0 aliphatic carbocycles. The van der Waals surface area contributed by atoms with Crippen LogP contribution in [0.25, 0.3) is 5.69 Å². The fourth-order valence-electron chi connectivity index (χ4n) is 3.56. The van der Waals surface area contributed by atoms with Crippen molar-refractivity contribution in [1.82, 2.24) is 4.57 Å². The Kier molecular flexibility index (Phi) is 4.18. The first-order chi connectivity index (χ1) is 12.1. The lowest BCUT2D eigenvalue weighted by molar-refractivity contribution is 0.894. The zero-order valence-electron chi connectivity index (χ0n) is 14.2. The van der Waals surface area contributed by atoms with Gasteiger partial charge in [0.05, 0.1) is 17.9 Å². The van der Waals surface area contributed by atoms with Crippen LogP contribution >= 0.6 is 23.2 Å². The molecular formula is C21H18Cl2N2. The number of halogens is 2. The Morgan fingerprint density at radius 3 is 2.60 bits per heavy atom. The van der Waals surface area contributed by atoms with Crippen LogP contribution in [0.4, 0.5) is 0 Å². The van der Waals surface area contributed by atoms with Gasteiger partial charge in [0.15, 0.2) is 0 Å². The largest absolute Gasteiger partial charge is 0.315 e. The van der Waals surface area contributed by atoms with E-state index in [0.29, 0.717) is 16.6 Å². The minimum atomic E-state index is 0.619. The lowest BCUT2D eigenvalue weighted by atomic mass is 10.00. The van der Waals surface area contributed by atoms with Crippen LogP contribution in [0.15, 0.2) is 53.5 Å². The maximum atomic E-state index is 6.46. The highest BCUT2D eigenvalue weighted by atomic mass is 35.5. The van der Waals surface area contributed by atoms with Gasteiger partial charge in [-0.15, -0.1) is 0 Å². The third-order valence-corrected chi connectivity index (χ3v) is 5.36. The number of hydrogen-bond acceptors (Lipinski definition) is 1. The first-order valence-electron chi connectivity index (χ1n) is 8.40. The fourth-order valence-corrected chi connectivity index (χ4v) is 3.96. The van der Waals surface area contributed by atoms with Gasteiger partial charge >= 0.3 is 0 Å². The van der Waals surface area contributed by atoms with Gasteiger partial charge in [-0.2, -0.15) is 0 Å². The van der Waals surface area contributed by atoms with Gasteiger partial charge in [0, 0.05) is 32.6 Å². The van der Waals surface area contributed by atoms with E-state index in [1.54, 1.807) is 0 Å². The van der Waals surface area contributed by atoms with Crippen molar-refractivity contribution in [2.45, 2.75) is 26.8 Å². The van der Waals surface area contributed by atoms with Crippen molar-refractivity contribution >= 4 is 28.9 Å². The van der Waals surface area contributed by atoms with E-state index in [-0.39, 0.29) is 0 Å². The van der Waals surface area contributed by atoms with Gasteiger partial charge in [0.2, 0.25) is 0 Å². The molecule has 1 aliphatic heterocycles. The van der Waals surface area contributed by atoms with Crippen molar-refractivity contribution in [3.63, 3.8) is 0 Å². The Morgan fingerprint density at radius 2 is 1.84 bits per heavy atom. The molecule has 0 spiro atoms. The average Bonchev–Trinajstić information content (AvgIpc) is 2.83. The van der Waals surface area contributed by atoms with Gasteiger partial charge in [0.25, 0.3) is 0 Å². The Morgan fingerprint density at radius 1 is 1.04 bits per heavy atom. The van der Waals surface area contributed by atoms with Crippen LogP contribution in [-0.4, -0.2) is 10.3 Å². The quantitative estimate of drug-likeness (QED) is 0.527. The highest BCUT2D eigenvalue weighted by Gasteiger charge is 2.22. The molecule has 0 atom stereocenters. The molecule has 0 saturated carbocycles. The molecule has 1 aliphatic rings. The van der Waals surface area contributed by atoms with E-state index in [1.807, 2.05) is 36.4 Å². The third kappa shape index (κ3) is 2.70. The lowest BCUT2D eigenvalue weighted by Crippen LogP contribution is -2.09. The fraction of sp³-hybridized carbons (Fsp3) is 0.190. The van der Waals surface area contributed by atoms with E-state index in [9.17, 15) is 0 Å². The summed E-state index contributed by atoms with van der Waals surface area (Å²) in [5.74, 6) is 0.